The molecule has 0 aliphatic heterocycles. The van der Waals surface area contributed by atoms with Crippen LogP contribution in [0.1, 0.15) is 48.5 Å². The number of carbonyl (C=O) groups is 1. The highest BCUT2D eigenvalue weighted by Gasteiger charge is 2.26. The molecule has 2 rings (SSSR count). The first-order valence-corrected chi connectivity index (χ1v) is 9.71. The summed E-state index contributed by atoms with van der Waals surface area (Å²) in [5.74, 6) is 0.105. The quantitative estimate of drug-likeness (QED) is 0.623. The first kappa shape index (κ1) is 15.8. The Balaban J connectivity index is 2.12. The summed E-state index contributed by atoms with van der Waals surface area (Å²) in [6.07, 6.45) is 3.90. The van der Waals surface area contributed by atoms with Gasteiger partial charge in [-0.05, 0) is 37.7 Å². The molecule has 1 fully saturated rings. The lowest BCUT2D eigenvalue weighted by molar-refractivity contribution is 0.0155. The van der Waals surface area contributed by atoms with Crippen molar-refractivity contribution in [2.24, 2.45) is 5.92 Å². The van der Waals surface area contributed by atoms with Gasteiger partial charge in [0.2, 0.25) is 0 Å². The average Bonchev–Trinajstić information content (AvgIpc) is 2.70. The zero-order valence-electron chi connectivity index (χ0n) is 11.4. The standard InChI is InChI=1S/C13H17ClO4S2/c1-8-4-3-5-10(6-8)18-12(15)11-7-19-13(9(11)2)20(14,16)17/h7-8,10H,3-6H2,1-2H3. The average molecular weight is 337 g/mol. The van der Waals surface area contributed by atoms with Gasteiger partial charge < -0.3 is 4.74 Å². The van der Waals surface area contributed by atoms with Crippen LogP contribution in [0.25, 0.3) is 0 Å². The fourth-order valence-electron chi connectivity index (χ4n) is 2.54. The Kier molecular flexibility index (Phi) is 4.76. The van der Waals surface area contributed by atoms with Crippen LogP contribution in [0, 0.1) is 12.8 Å². The Hall–Kier alpha value is -0.590. The molecule has 0 radical (unpaired) electrons. The van der Waals surface area contributed by atoms with E-state index in [1.165, 1.54) is 11.8 Å². The van der Waals surface area contributed by atoms with Gasteiger partial charge in [-0.2, -0.15) is 0 Å². The lowest BCUT2D eigenvalue weighted by atomic mass is 9.89. The van der Waals surface area contributed by atoms with Gasteiger partial charge in [-0.1, -0.05) is 13.3 Å². The summed E-state index contributed by atoms with van der Waals surface area (Å²) in [4.78, 5) is 12.1. The van der Waals surface area contributed by atoms with Gasteiger partial charge in [-0.15, -0.1) is 11.3 Å². The third-order valence-corrected chi connectivity index (χ3v) is 6.90. The SMILES string of the molecule is Cc1c(C(=O)OC2CCCC(C)C2)csc1S(=O)(=O)Cl. The highest BCUT2D eigenvalue weighted by molar-refractivity contribution is 8.15. The number of rotatable bonds is 3. The molecule has 20 heavy (non-hydrogen) atoms. The van der Waals surface area contributed by atoms with Crippen LogP contribution in [0.3, 0.4) is 0 Å². The molecule has 0 spiro atoms. The summed E-state index contributed by atoms with van der Waals surface area (Å²) in [7, 11) is 1.52. The van der Waals surface area contributed by atoms with Gasteiger partial charge >= 0.3 is 5.97 Å². The Morgan fingerprint density at radius 1 is 1.45 bits per heavy atom. The van der Waals surface area contributed by atoms with Crippen LogP contribution >= 0.6 is 22.0 Å². The molecule has 4 nitrogen and oxygen atoms in total. The van der Waals surface area contributed by atoms with E-state index in [0.29, 0.717) is 17.0 Å². The molecule has 7 heteroatoms. The van der Waals surface area contributed by atoms with Gasteiger partial charge in [0.05, 0.1) is 5.56 Å². The van der Waals surface area contributed by atoms with Crippen molar-refractivity contribution in [1.29, 1.82) is 0 Å². The molecule has 2 atom stereocenters. The first-order chi connectivity index (χ1) is 9.29. The fourth-order valence-corrected chi connectivity index (χ4v) is 5.08. The van der Waals surface area contributed by atoms with E-state index in [1.807, 2.05) is 0 Å². The smallest absolute Gasteiger partial charge is 0.339 e. The number of halogens is 1. The molecule has 1 saturated carbocycles. The van der Waals surface area contributed by atoms with E-state index >= 15 is 0 Å². The van der Waals surface area contributed by atoms with Gasteiger partial charge in [-0.3, -0.25) is 0 Å². The number of hydrogen-bond acceptors (Lipinski definition) is 5. The van der Waals surface area contributed by atoms with E-state index in [0.717, 1.165) is 30.6 Å². The number of ether oxygens (including phenoxy) is 1. The molecule has 112 valence electrons. The van der Waals surface area contributed by atoms with Gasteiger partial charge in [0, 0.05) is 16.1 Å². The molecule has 0 aromatic carbocycles. The van der Waals surface area contributed by atoms with Crippen molar-refractivity contribution in [3.8, 4) is 0 Å². The number of thiophene rings is 1. The molecule has 2 unspecified atom stereocenters. The minimum atomic E-state index is -3.81. The highest BCUT2D eigenvalue weighted by Crippen LogP contribution is 2.31. The normalized spacial score (nSPS) is 23.6. The van der Waals surface area contributed by atoms with Crippen molar-refractivity contribution in [2.45, 2.75) is 49.8 Å². The van der Waals surface area contributed by atoms with Crippen molar-refractivity contribution in [1.82, 2.24) is 0 Å². The van der Waals surface area contributed by atoms with E-state index in [-0.39, 0.29) is 10.3 Å². The zero-order chi connectivity index (χ0) is 14.9. The second kappa shape index (κ2) is 6.03. The summed E-state index contributed by atoms with van der Waals surface area (Å²) in [6, 6.07) is 0. The first-order valence-electron chi connectivity index (χ1n) is 6.52. The highest BCUT2D eigenvalue weighted by atomic mass is 35.7. The summed E-state index contributed by atoms with van der Waals surface area (Å²) < 4.78 is 28.2. The fraction of sp³-hybridized carbons (Fsp3) is 0.615. The van der Waals surface area contributed by atoms with Crippen LogP contribution in [0.5, 0.6) is 0 Å². The van der Waals surface area contributed by atoms with Crippen LogP contribution < -0.4 is 0 Å². The minimum absolute atomic E-state index is 0.0168. The number of hydrogen-bond donors (Lipinski definition) is 0. The summed E-state index contributed by atoms with van der Waals surface area (Å²) in [6.45, 7) is 3.72. The van der Waals surface area contributed by atoms with Crippen molar-refractivity contribution >= 4 is 37.0 Å². The molecule has 0 amide bonds. The van der Waals surface area contributed by atoms with Crippen LogP contribution in [0.2, 0.25) is 0 Å². The van der Waals surface area contributed by atoms with Gasteiger partial charge in [0.1, 0.15) is 10.3 Å². The van der Waals surface area contributed by atoms with E-state index in [9.17, 15) is 13.2 Å². The van der Waals surface area contributed by atoms with Gasteiger partial charge in [0.15, 0.2) is 0 Å². The van der Waals surface area contributed by atoms with E-state index in [4.69, 9.17) is 15.4 Å². The van der Waals surface area contributed by atoms with E-state index in [2.05, 4.69) is 6.92 Å². The molecular formula is C13H17ClO4S2. The Morgan fingerprint density at radius 2 is 2.15 bits per heavy atom. The maximum absolute atomic E-state index is 12.1. The van der Waals surface area contributed by atoms with Crippen LogP contribution in [-0.2, 0) is 13.8 Å². The Bertz CT molecular complexity index is 606. The van der Waals surface area contributed by atoms with E-state index < -0.39 is 15.0 Å². The van der Waals surface area contributed by atoms with Crippen molar-refractivity contribution < 1.29 is 17.9 Å². The number of esters is 1. The molecule has 1 aliphatic rings. The Labute approximate surface area is 127 Å². The summed E-state index contributed by atoms with van der Waals surface area (Å²) in [5.41, 5.74) is 0.673. The molecule has 1 aromatic heterocycles. The van der Waals surface area contributed by atoms with Crippen molar-refractivity contribution in [2.75, 3.05) is 0 Å². The topological polar surface area (TPSA) is 60.4 Å². The van der Waals surface area contributed by atoms with E-state index in [1.54, 1.807) is 6.92 Å². The summed E-state index contributed by atoms with van der Waals surface area (Å²) >= 11 is 0.953. The molecule has 0 saturated heterocycles. The maximum atomic E-state index is 12.1. The zero-order valence-corrected chi connectivity index (χ0v) is 13.8. The van der Waals surface area contributed by atoms with Crippen LogP contribution in [-0.4, -0.2) is 20.5 Å². The van der Waals surface area contributed by atoms with Crippen LogP contribution in [0.4, 0.5) is 0 Å². The monoisotopic (exact) mass is 336 g/mol. The minimum Gasteiger partial charge on any atom is -0.459 e. The molecule has 1 aromatic rings. The Morgan fingerprint density at radius 3 is 2.70 bits per heavy atom. The lowest BCUT2D eigenvalue weighted by Gasteiger charge is -2.26. The second-order valence-corrected chi connectivity index (χ2v) is 8.94. The van der Waals surface area contributed by atoms with Gasteiger partial charge in [-0.25, -0.2) is 13.2 Å². The largest absolute Gasteiger partial charge is 0.459 e. The third kappa shape index (κ3) is 3.54. The summed E-state index contributed by atoms with van der Waals surface area (Å²) in [5, 5.41) is 1.50. The second-order valence-electron chi connectivity index (χ2n) is 5.30. The molecule has 1 heterocycles. The van der Waals surface area contributed by atoms with Crippen molar-refractivity contribution in [3.05, 3.63) is 16.5 Å². The van der Waals surface area contributed by atoms with Crippen molar-refractivity contribution in [3.63, 3.8) is 0 Å². The molecule has 1 aliphatic carbocycles. The lowest BCUT2D eigenvalue weighted by Crippen LogP contribution is -2.24. The number of carbonyl (C=O) groups excluding carboxylic acids is 1. The molecule has 0 N–H and O–H groups in total. The third-order valence-electron chi connectivity index (χ3n) is 3.60. The predicted molar refractivity (Wildman–Crippen MR) is 78.9 cm³/mol. The predicted octanol–water partition coefficient (Wildman–Crippen LogP) is 3.72. The maximum Gasteiger partial charge on any atom is 0.339 e. The molecule has 0 bridgehead atoms. The molecular weight excluding hydrogens is 320 g/mol. The van der Waals surface area contributed by atoms with Crippen LogP contribution in [0.15, 0.2) is 9.59 Å². The van der Waals surface area contributed by atoms with Gasteiger partial charge in [0.25, 0.3) is 9.05 Å².